The molecule has 1 heterocycles. The Labute approximate surface area is 69.3 Å². The highest BCUT2D eigenvalue weighted by Gasteiger charge is 2.08. The SMILES string of the molecule is C/C=C(\C)CN1CCNCC1. The molecule has 0 aromatic carbocycles. The van der Waals surface area contributed by atoms with Gasteiger partial charge in [0.25, 0.3) is 0 Å². The van der Waals surface area contributed by atoms with E-state index in [1.807, 2.05) is 0 Å². The molecule has 11 heavy (non-hydrogen) atoms. The lowest BCUT2D eigenvalue weighted by Crippen LogP contribution is -2.43. The van der Waals surface area contributed by atoms with Crippen LogP contribution in [0.5, 0.6) is 0 Å². The molecule has 0 atom stereocenters. The molecule has 0 amide bonds. The number of rotatable bonds is 2. The van der Waals surface area contributed by atoms with E-state index in [-0.39, 0.29) is 0 Å². The summed E-state index contributed by atoms with van der Waals surface area (Å²) in [5.41, 5.74) is 1.48. The zero-order valence-electron chi connectivity index (χ0n) is 7.56. The summed E-state index contributed by atoms with van der Waals surface area (Å²) in [6.45, 7) is 10.2. The Hall–Kier alpha value is -0.340. The molecule has 0 bridgehead atoms. The summed E-state index contributed by atoms with van der Waals surface area (Å²) in [5, 5.41) is 3.34. The minimum absolute atomic E-state index is 1.15. The maximum atomic E-state index is 3.34. The predicted octanol–water partition coefficient (Wildman–Crippen LogP) is 0.858. The van der Waals surface area contributed by atoms with E-state index in [0.717, 1.165) is 19.6 Å². The molecule has 2 nitrogen and oxygen atoms in total. The van der Waals surface area contributed by atoms with E-state index in [2.05, 4.69) is 30.1 Å². The van der Waals surface area contributed by atoms with Crippen LogP contribution in [0.25, 0.3) is 0 Å². The Morgan fingerprint density at radius 1 is 1.45 bits per heavy atom. The standard InChI is InChI=1S/C9H18N2/c1-3-9(2)8-11-6-4-10-5-7-11/h3,10H,4-8H2,1-2H3/b9-3+. The molecule has 0 unspecified atom stereocenters. The van der Waals surface area contributed by atoms with Gasteiger partial charge in [-0.1, -0.05) is 11.6 Å². The van der Waals surface area contributed by atoms with Crippen molar-refractivity contribution >= 4 is 0 Å². The molecular formula is C9H18N2. The van der Waals surface area contributed by atoms with Crippen LogP contribution in [-0.4, -0.2) is 37.6 Å². The van der Waals surface area contributed by atoms with Crippen LogP contribution in [0.1, 0.15) is 13.8 Å². The van der Waals surface area contributed by atoms with Crippen molar-refractivity contribution in [3.63, 3.8) is 0 Å². The first-order valence-corrected chi connectivity index (χ1v) is 4.38. The smallest absolute Gasteiger partial charge is 0.0191 e. The largest absolute Gasteiger partial charge is 0.314 e. The van der Waals surface area contributed by atoms with Crippen molar-refractivity contribution in [1.29, 1.82) is 0 Å². The Morgan fingerprint density at radius 3 is 2.64 bits per heavy atom. The molecule has 0 aromatic rings. The predicted molar refractivity (Wildman–Crippen MR) is 48.7 cm³/mol. The van der Waals surface area contributed by atoms with E-state index >= 15 is 0 Å². The van der Waals surface area contributed by atoms with Crippen molar-refractivity contribution in [2.24, 2.45) is 0 Å². The van der Waals surface area contributed by atoms with Gasteiger partial charge < -0.3 is 5.32 Å². The minimum Gasteiger partial charge on any atom is -0.314 e. The van der Waals surface area contributed by atoms with E-state index in [1.54, 1.807) is 0 Å². The van der Waals surface area contributed by atoms with Crippen molar-refractivity contribution in [2.75, 3.05) is 32.7 Å². The van der Waals surface area contributed by atoms with Crippen molar-refractivity contribution in [3.8, 4) is 0 Å². The molecule has 2 heteroatoms. The molecule has 1 aliphatic rings. The van der Waals surface area contributed by atoms with Gasteiger partial charge in [-0.15, -0.1) is 0 Å². The van der Waals surface area contributed by atoms with Gasteiger partial charge in [0, 0.05) is 32.7 Å². The number of allylic oxidation sites excluding steroid dienone is 1. The van der Waals surface area contributed by atoms with E-state index < -0.39 is 0 Å². The third-order valence-corrected chi connectivity index (χ3v) is 2.18. The first kappa shape index (κ1) is 8.75. The molecule has 1 rings (SSSR count). The molecular weight excluding hydrogens is 136 g/mol. The Bertz CT molecular complexity index is 134. The average Bonchev–Trinajstić information content (AvgIpc) is 2.06. The van der Waals surface area contributed by atoms with E-state index in [4.69, 9.17) is 0 Å². The van der Waals surface area contributed by atoms with Crippen molar-refractivity contribution < 1.29 is 0 Å². The zero-order chi connectivity index (χ0) is 8.10. The van der Waals surface area contributed by atoms with Gasteiger partial charge in [-0.2, -0.15) is 0 Å². The fraction of sp³-hybridized carbons (Fsp3) is 0.778. The molecule has 0 saturated carbocycles. The fourth-order valence-electron chi connectivity index (χ4n) is 1.31. The lowest BCUT2D eigenvalue weighted by atomic mass is 10.2. The fourth-order valence-corrected chi connectivity index (χ4v) is 1.31. The van der Waals surface area contributed by atoms with Gasteiger partial charge in [0.15, 0.2) is 0 Å². The molecule has 0 aromatic heterocycles. The van der Waals surface area contributed by atoms with Crippen molar-refractivity contribution in [2.45, 2.75) is 13.8 Å². The maximum Gasteiger partial charge on any atom is 0.0191 e. The van der Waals surface area contributed by atoms with Crippen LogP contribution >= 0.6 is 0 Å². The molecule has 0 aliphatic carbocycles. The average molecular weight is 154 g/mol. The highest BCUT2D eigenvalue weighted by atomic mass is 15.2. The Morgan fingerprint density at radius 2 is 2.09 bits per heavy atom. The van der Waals surface area contributed by atoms with E-state index in [1.165, 1.54) is 18.7 Å². The quantitative estimate of drug-likeness (QED) is 0.593. The molecule has 1 N–H and O–H groups in total. The van der Waals surface area contributed by atoms with Crippen LogP contribution in [0.3, 0.4) is 0 Å². The second kappa shape index (κ2) is 4.52. The Balaban J connectivity index is 2.24. The van der Waals surface area contributed by atoms with Gasteiger partial charge in [0.2, 0.25) is 0 Å². The first-order chi connectivity index (χ1) is 5.33. The van der Waals surface area contributed by atoms with Gasteiger partial charge >= 0.3 is 0 Å². The maximum absolute atomic E-state index is 3.34. The summed E-state index contributed by atoms with van der Waals surface area (Å²) in [4.78, 5) is 2.49. The normalized spacial score (nSPS) is 22.2. The van der Waals surface area contributed by atoms with Crippen LogP contribution in [0.15, 0.2) is 11.6 Å². The molecule has 0 radical (unpaired) electrons. The third-order valence-electron chi connectivity index (χ3n) is 2.18. The zero-order valence-corrected chi connectivity index (χ0v) is 7.56. The molecule has 1 aliphatic heterocycles. The second-order valence-electron chi connectivity index (χ2n) is 3.16. The van der Waals surface area contributed by atoms with Crippen molar-refractivity contribution in [1.82, 2.24) is 10.2 Å². The monoisotopic (exact) mass is 154 g/mol. The number of hydrogen-bond acceptors (Lipinski definition) is 2. The van der Waals surface area contributed by atoms with Crippen LogP contribution in [0, 0.1) is 0 Å². The number of nitrogens with one attached hydrogen (secondary N) is 1. The van der Waals surface area contributed by atoms with Crippen LogP contribution in [0.2, 0.25) is 0 Å². The van der Waals surface area contributed by atoms with E-state index in [9.17, 15) is 0 Å². The number of piperazine rings is 1. The number of nitrogens with zero attached hydrogens (tertiary/aromatic N) is 1. The lowest BCUT2D eigenvalue weighted by Gasteiger charge is -2.27. The highest BCUT2D eigenvalue weighted by molar-refractivity contribution is 4.98. The van der Waals surface area contributed by atoms with E-state index in [0.29, 0.717) is 0 Å². The summed E-state index contributed by atoms with van der Waals surface area (Å²) in [6.07, 6.45) is 2.20. The summed E-state index contributed by atoms with van der Waals surface area (Å²) >= 11 is 0. The summed E-state index contributed by atoms with van der Waals surface area (Å²) in [7, 11) is 0. The summed E-state index contributed by atoms with van der Waals surface area (Å²) < 4.78 is 0. The highest BCUT2D eigenvalue weighted by Crippen LogP contribution is 1.98. The van der Waals surface area contributed by atoms with Crippen LogP contribution < -0.4 is 5.32 Å². The molecule has 0 spiro atoms. The van der Waals surface area contributed by atoms with Gasteiger partial charge in [-0.05, 0) is 13.8 Å². The first-order valence-electron chi connectivity index (χ1n) is 4.38. The Kier molecular flexibility index (Phi) is 3.60. The van der Waals surface area contributed by atoms with Gasteiger partial charge in [-0.25, -0.2) is 0 Å². The van der Waals surface area contributed by atoms with Crippen LogP contribution in [0.4, 0.5) is 0 Å². The number of hydrogen-bond donors (Lipinski definition) is 1. The summed E-state index contributed by atoms with van der Waals surface area (Å²) in [5.74, 6) is 0. The van der Waals surface area contributed by atoms with Gasteiger partial charge in [-0.3, -0.25) is 4.90 Å². The molecule has 64 valence electrons. The van der Waals surface area contributed by atoms with Gasteiger partial charge in [0.1, 0.15) is 0 Å². The van der Waals surface area contributed by atoms with Gasteiger partial charge in [0.05, 0.1) is 0 Å². The summed E-state index contributed by atoms with van der Waals surface area (Å²) in [6, 6.07) is 0. The van der Waals surface area contributed by atoms with Crippen molar-refractivity contribution in [3.05, 3.63) is 11.6 Å². The van der Waals surface area contributed by atoms with Crippen LogP contribution in [-0.2, 0) is 0 Å². The molecule has 1 saturated heterocycles. The lowest BCUT2D eigenvalue weighted by molar-refractivity contribution is 0.259. The second-order valence-corrected chi connectivity index (χ2v) is 3.16. The third kappa shape index (κ3) is 3.04. The molecule has 1 fully saturated rings. The topological polar surface area (TPSA) is 15.3 Å². The minimum atomic E-state index is 1.15.